The van der Waals surface area contributed by atoms with Crippen LogP contribution in [0.1, 0.15) is 68.6 Å². The lowest BCUT2D eigenvalue weighted by Gasteiger charge is -2.48. The van der Waals surface area contributed by atoms with Crippen molar-refractivity contribution in [3.8, 4) is 5.75 Å². The first-order valence-corrected chi connectivity index (χ1v) is 12.3. The van der Waals surface area contributed by atoms with Gasteiger partial charge in [0.1, 0.15) is 11.4 Å². The summed E-state index contributed by atoms with van der Waals surface area (Å²) in [4.78, 5) is 42.3. The fourth-order valence-electron chi connectivity index (χ4n) is 5.51. The molecule has 1 unspecified atom stereocenters. The highest BCUT2D eigenvalue weighted by Gasteiger charge is 2.52. The molecule has 7 nitrogen and oxygen atoms in total. The second-order valence-corrected chi connectivity index (χ2v) is 9.59. The lowest BCUT2D eigenvalue weighted by Crippen LogP contribution is -2.62. The molecule has 0 radical (unpaired) electrons. The Morgan fingerprint density at radius 1 is 1.09 bits per heavy atom. The SMILES string of the molecule is CC12CCC(=O)N1c1ccccc1C(=O)N2CCCC(=O)Nc1ccccc1OC1CCCC1. The lowest BCUT2D eigenvalue weighted by atomic mass is 9.98. The van der Waals surface area contributed by atoms with Crippen molar-refractivity contribution in [1.82, 2.24) is 4.90 Å². The third kappa shape index (κ3) is 4.04. The Bertz CT molecular complexity index is 1110. The van der Waals surface area contributed by atoms with E-state index in [-0.39, 0.29) is 30.2 Å². The van der Waals surface area contributed by atoms with E-state index >= 15 is 0 Å². The number of carbonyl (C=O) groups excluding carboxylic acids is 3. The van der Waals surface area contributed by atoms with E-state index in [9.17, 15) is 14.4 Å². The molecule has 1 saturated heterocycles. The smallest absolute Gasteiger partial charge is 0.257 e. The van der Waals surface area contributed by atoms with Crippen LogP contribution in [0, 0.1) is 0 Å². The minimum atomic E-state index is -0.694. The molecule has 3 aliphatic rings. The van der Waals surface area contributed by atoms with E-state index < -0.39 is 5.66 Å². The number of carbonyl (C=O) groups is 3. The molecule has 2 heterocycles. The van der Waals surface area contributed by atoms with Gasteiger partial charge in [-0.3, -0.25) is 19.3 Å². The van der Waals surface area contributed by atoms with Crippen molar-refractivity contribution in [3.05, 3.63) is 54.1 Å². The van der Waals surface area contributed by atoms with E-state index in [0.29, 0.717) is 48.5 Å². The van der Waals surface area contributed by atoms with Gasteiger partial charge in [-0.1, -0.05) is 24.3 Å². The minimum absolute atomic E-state index is 0.0315. The molecule has 2 fully saturated rings. The maximum absolute atomic E-state index is 13.3. The Labute approximate surface area is 200 Å². The average Bonchev–Trinajstić information content (AvgIpc) is 3.45. The molecule has 178 valence electrons. The fraction of sp³-hybridized carbons (Fsp3) is 0.444. The van der Waals surface area contributed by atoms with Crippen molar-refractivity contribution in [2.24, 2.45) is 0 Å². The van der Waals surface area contributed by atoms with Crippen molar-refractivity contribution in [2.45, 2.75) is 70.1 Å². The van der Waals surface area contributed by atoms with E-state index in [2.05, 4.69) is 5.32 Å². The number of amides is 3. The molecule has 7 heteroatoms. The topological polar surface area (TPSA) is 79.0 Å². The largest absolute Gasteiger partial charge is 0.488 e. The summed E-state index contributed by atoms with van der Waals surface area (Å²) in [5.41, 5.74) is 1.21. The van der Waals surface area contributed by atoms with Crippen LogP contribution in [-0.4, -0.2) is 40.9 Å². The van der Waals surface area contributed by atoms with Gasteiger partial charge in [0.15, 0.2) is 0 Å². The quantitative estimate of drug-likeness (QED) is 0.647. The molecule has 0 bridgehead atoms. The molecule has 3 amide bonds. The number of anilines is 2. The Morgan fingerprint density at radius 3 is 2.65 bits per heavy atom. The zero-order chi connectivity index (χ0) is 23.7. The van der Waals surface area contributed by atoms with Gasteiger partial charge >= 0.3 is 0 Å². The molecule has 0 aromatic heterocycles. The van der Waals surface area contributed by atoms with Gasteiger partial charge in [-0.2, -0.15) is 0 Å². The number of fused-ring (bicyclic) bond motifs is 3. The highest BCUT2D eigenvalue weighted by molar-refractivity contribution is 6.10. The van der Waals surface area contributed by atoms with E-state index in [1.165, 1.54) is 12.8 Å². The van der Waals surface area contributed by atoms with Gasteiger partial charge in [0.2, 0.25) is 11.8 Å². The van der Waals surface area contributed by atoms with Crippen molar-refractivity contribution in [1.29, 1.82) is 0 Å². The molecule has 5 rings (SSSR count). The molecule has 0 spiro atoms. The van der Waals surface area contributed by atoms with Crippen LogP contribution >= 0.6 is 0 Å². The summed E-state index contributed by atoms with van der Waals surface area (Å²) in [6.45, 7) is 2.35. The van der Waals surface area contributed by atoms with Crippen molar-refractivity contribution < 1.29 is 19.1 Å². The molecular formula is C27H31N3O4. The van der Waals surface area contributed by atoms with Crippen LogP contribution in [0.15, 0.2) is 48.5 Å². The third-order valence-corrected chi connectivity index (χ3v) is 7.29. The van der Waals surface area contributed by atoms with Gasteiger partial charge in [0.25, 0.3) is 5.91 Å². The van der Waals surface area contributed by atoms with Crippen molar-refractivity contribution in [3.63, 3.8) is 0 Å². The Kier molecular flexibility index (Phi) is 6.02. The molecule has 1 aliphatic carbocycles. The average molecular weight is 462 g/mol. The number of rotatable bonds is 7. The van der Waals surface area contributed by atoms with Crippen LogP contribution in [-0.2, 0) is 9.59 Å². The van der Waals surface area contributed by atoms with Gasteiger partial charge in [-0.05, 0) is 69.7 Å². The van der Waals surface area contributed by atoms with Crippen LogP contribution in [0.3, 0.4) is 0 Å². The van der Waals surface area contributed by atoms with Crippen LogP contribution in [0.4, 0.5) is 11.4 Å². The number of ether oxygens (including phenoxy) is 1. The highest BCUT2D eigenvalue weighted by atomic mass is 16.5. The first-order chi connectivity index (χ1) is 16.5. The molecule has 2 aromatic rings. The highest BCUT2D eigenvalue weighted by Crippen LogP contribution is 2.44. The monoisotopic (exact) mass is 461 g/mol. The third-order valence-electron chi connectivity index (χ3n) is 7.29. The summed E-state index contributed by atoms with van der Waals surface area (Å²) in [5.74, 6) is 0.541. The molecule has 1 N–H and O–H groups in total. The summed E-state index contributed by atoms with van der Waals surface area (Å²) >= 11 is 0. The van der Waals surface area contributed by atoms with Crippen LogP contribution in [0.25, 0.3) is 0 Å². The summed E-state index contributed by atoms with van der Waals surface area (Å²) < 4.78 is 6.12. The molecule has 1 saturated carbocycles. The molecule has 2 aliphatic heterocycles. The fourth-order valence-corrected chi connectivity index (χ4v) is 5.51. The first-order valence-electron chi connectivity index (χ1n) is 12.3. The van der Waals surface area contributed by atoms with Gasteiger partial charge in [0.05, 0.1) is 23.0 Å². The van der Waals surface area contributed by atoms with E-state index in [1.54, 1.807) is 15.9 Å². The molecule has 2 aromatic carbocycles. The minimum Gasteiger partial charge on any atom is -0.488 e. The van der Waals surface area contributed by atoms with Crippen LogP contribution in [0.5, 0.6) is 5.75 Å². The van der Waals surface area contributed by atoms with Gasteiger partial charge < -0.3 is 15.0 Å². The molecule has 1 atom stereocenters. The van der Waals surface area contributed by atoms with Gasteiger partial charge in [-0.25, -0.2) is 0 Å². The number of nitrogens with zero attached hydrogens (tertiary/aromatic N) is 2. The number of para-hydroxylation sites is 3. The maximum atomic E-state index is 13.3. The number of benzene rings is 2. The van der Waals surface area contributed by atoms with Crippen molar-refractivity contribution in [2.75, 3.05) is 16.8 Å². The summed E-state index contributed by atoms with van der Waals surface area (Å²) in [5, 5.41) is 2.98. The predicted molar refractivity (Wildman–Crippen MR) is 130 cm³/mol. The summed E-state index contributed by atoms with van der Waals surface area (Å²) in [7, 11) is 0. The van der Waals surface area contributed by atoms with E-state index in [4.69, 9.17) is 4.74 Å². The first kappa shape index (κ1) is 22.4. The van der Waals surface area contributed by atoms with Gasteiger partial charge in [-0.15, -0.1) is 0 Å². The Morgan fingerprint density at radius 2 is 1.82 bits per heavy atom. The normalized spacial score (nSPS) is 22.0. The zero-order valence-corrected chi connectivity index (χ0v) is 19.6. The lowest BCUT2D eigenvalue weighted by molar-refractivity contribution is -0.118. The number of nitrogens with one attached hydrogen (secondary N) is 1. The Balaban J connectivity index is 1.23. The maximum Gasteiger partial charge on any atom is 0.257 e. The predicted octanol–water partition coefficient (Wildman–Crippen LogP) is 4.73. The van der Waals surface area contributed by atoms with Crippen LogP contribution < -0.4 is 15.0 Å². The number of hydrogen-bond donors (Lipinski definition) is 1. The standard InChI is InChI=1S/C27H31N3O4/c1-27-17-16-25(32)30(27)22-13-6-4-11-20(22)26(33)29(27)18-8-15-24(31)28-21-12-5-7-14-23(21)34-19-9-2-3-10-19/h4-7,11-14,19H,2-3,8-10,15-18H2,1H3,(H,28,31). The summed E-state index contributed by atoms with van der Waals surface area (Å²) in [6.07, 6.45) is 6.44. The molecular weight excluding hydrogens is 430 g/mol. The Hall–Kier alpha value is -3.35. The van der Waals surface area contributed by atoms with E-state index in [0.717, 1.165) is 12.8 Å². The van der Waals surface area contributed by atoms with Gasteiger partial charge in [0, 0.05) is 19.4 Å². The second-order valence-electron chi connectivity index (χ2n) is 9.59. The second kappa shape index (κ2) is 9.12. The zero-order valence-electron chi connectivity index (χ0n) is 19.6. The van der Waals surface area contributed by atoms with E-state index in [1.807, 2.05) is 49.4 Å². The molecule has 34 heavy (non-hydrogen) atoms. The number of hydrogen-bond acceptors (Lipinski definition) is 4. The summed E-state index contributed by atoms with van der Waals surface area (Å²) in [6, 6.07) is 14.8. The van der Waals surface area contributed by atoms with Crippen LogP contribution in [0.2, 0.25) is 0 Å². The van der Waals surface area contributed by atoms with Crippen molar-refractivity contribution >= 4 is 29.1 Å².